The Balaban J connectivity index is 2.10. The zero-order chi connectivity index (χ0) is 14.9. The second-order valence-electron chi connectivity index (χ2n) is 5.48. The molecule has 0 spiro atoms. The molecule has 6 heteroatoms. The van der Waals surface area contributed by atoms with Crippen molar-refractivity contribution < 1.29 is 8.42 Å². The number of pyridine rings is 1. The molecule has 0 unspecified atom stereocenters. The number of aromatic nitrogens is 1. The first-order valence-electron chi connectivity index (χ1n) is 7.14. The lowest BCUT2D eigenvalue weighted by Gasteiger charge is -2.30. The molecule has 1 aromatic carbocycles. The van der Waals surface area contributed by atoms with Crippen molar-refractivity contribution in [2.75, 3.05) is 29.0 Å². The molecular weight excluding hydrogens is 286 g/mol. The molecule has 1 aliphatic rings. The Morgan fingerprint density at radius 2 is 1.86 bits per heavy atom. The summed E-state index contributed by atoms with van der Waals surface area (Å²) in [6.07, 6.45) is 8.32. The molecule has 1 aromatic heterocycles. The minimum atomic E-state index is -3.30. The third kappa shape index (κ3) is 3.10. The van der Waals surface area contributed by atoms with E-state index in [2.05, 4.69) is 14.6 Å². The van der Waals surface area contributed by atoms with Gasteiger partial charge >= 0.3 is 0 Å². The summed E-state index contributed by atoms with van der Waals surface area (Å²) in [5.74, 6) is 0. The van der Waals surface area contributed by atoms with E-state index < -0.39 is 10.0 Å². The van der Waals surface area contributed by atoms with Crippen LogP contribution in [0.25, 0.3) is 10.8 Å². The Kier molecular flexibility index (Phi) is 3.71. The monoisotopic (exact) mass is 305 g/mol. The molecular formula is C15H19N3O2S. The second kappa shape index (κ2) is 5.52. The molecule has 1 saturated heterocycles. The van der Waals surface area contributed by atoms with Crippen molar-refractivity contribution in [2.24, 2.45) is 0 Å². The van der Waals surface area contributed by atoms with Crippen molar-refractivity contribution in [1.29, 1.82) is 0 Å². The van der Waals surface area contributed by atoms with Crippen LogP contribution in [0.15, 0.2) is 30.6 Å². The first-order chi connectivity index (χ1) is 10.0. The molecule has 0 amide bonds. The summed E-state index contributed by atoms with van der Waals surface area (Å²) in [6, 6.07) is 5.78. The summed E-state index contributed by atoms with van der Waals surface area (Å²) in [6.45, 7) is 2.10. The molecule has 5 nitrogen and oxygen atoms in total. The van der Waals surface area contributed by atoms with Crippen molar-refractivity contribution in [3.63, 3.8) is 0 Å². The molecule has 0 bridgehead atoms. The minimum Gasteiger partial charge on any atom is -0.371 e. The zero-order valence-corrected chi connectivity index (χ0v) is 12.9. The SMILES string of the molecule is CS(=O)(=O)Nc1ccc(N2CCCCC2)c2ccncc12. The fourth-order valence-electron chi connectivity index (χ4n) is 2.87. The molecule has 1 N–H and O–H groups in total. The van der Waals surface area contributed by atoms with E-state index in [1.807, 2.05) is 18.2 Å². The van der Waals surface area contributed by atoms with Gasteiger partial charge in [-0.25, -0.2) is 8.42 Å². The lowest BCUT2D eigenvalue weighted by atomic mass is 10.1. The topological polar surface area (TPSA) is 62.3 Å². The van der Waals surface area contributed by atoms with Crippen LogP contribution in [0.1, 0.15) is 19.3 Å². The average Bonchev–Trinajstić information content (AvgIpc) is 2.47. The average molecular weight is 305 g/mol. The van der Waals surface area contributed by atoms with Gasteiger partial charge in [0, 0.05) is 41.9 Å². The summed E-state index contributed by atoms with van der Waals surface area (Å²) in [5.41, 5.74) is 1.74. The van der Waals surface area contributed by atoms with Crippen molar-refractivity contribution in [2.45, 2.75) is 19.3 Å². The molecule has 3 rings (SSSR count). The Morgan fingerprint density at radius 1 is 1.10 bits per heavy atom. The highest BCUT2D eigenvalue weighted by molar-refractivity contribution is 7.92. The van der Waals surface area contributed by atoms with Crippen LogP contribution in [0.2, 0.25) is 0 Å². The van der Waals surface area contributed by atoms with Crippen LogP contribution >= 0.6 is 0 Å². The quantitative estimate of drug-likeness (QED) is 0.947. The molecule has 0 aliphatic carbocycles. The largest absolute Gasteiger partial charge is 0.371 e. The number of hydrogen-bond donors (Lipinski definition) is 1. The molecule has 2 aromatic rings. The van der Waals surface area contributed by atoms with Crippen LogP contribution in [0, 0.1) is 0 Å². The van der Waals surface area contributed by atoms with E-state index in [9.17, 15) is 8.42 Å². The number of sulfonamides is 1. The summed E-state index contributed by atoms with van der Waals surface area (Å²) >= 11 is 0. The van der Waals surface area contributed by atoms with Gasteiger partial charge in [-0.2, -0.15) is 0 Å². The Hall–Kier alpha value is -1.82. The Morgan fingerprint density at radius 3 is 2.57 bits per heavy atom. The van der Waals surface area contributed by atoms with Gasteiger partial charge in [0.15, 0.2) is 0 Å². The van der Waals surface area contributed by atoms with E-state index in [0.717, 1.165) is 35.8 Å². The predicted octanol–water partition coefficient (Wildman–Crippen LogP) is 2.60. The maximum Gasteiger partial charge on any atom is 0.229 e. The van der Waals surface area contributed by atoms with E-state index in [4.69, 9.17) is 0 Å². The number of rotatable bonds is 3. The molecule has 1 aliphatic heterocycles. The van der Waals surface area contributed by atoms with Gasteiger partial charge in [0.25, 0.3) is 0 Å². The molecule has 1 fully saturated rings. The van der Waals surface area contributed by atoms with Gasteiger partial charge in [-0.3, -0.25) is 9.71 Å². The molecule has 0 radical (unpaired) electrons. The van der Waals surface area contributed by atoms with Crippen LogP contribution < -0.4 is 9.62 Å². The number of benzene rings is 1. The maximum atomic E-state index is 11.5. The van der Waals surface area contributed by atoms with Crippen LogP contribution in [0.4, 0.5) is 11.4 Å². The minimum absolute atomic E-state index is 0.585. The van der Waals surface area contributed by atoms with Gasteiger partial charge in [0.1, 0.15) is 0 Å². The van der Waals surface area contributed by atoms with Gasteiger partial charge < -0.3 is 4.90 Å². The predicted molar refractivity (Wildman–Crippen MR) is 86.3 cm³/mol. The van der Waals surface area contributed by atoms with Gasteiger partial charge in [-0.1, -0.05) is 0 Å². The van der Waals surface area contributed by atoms with Crippen LogP contribution in [0.5, 0.6) is 0 Å². The summed E-state index contributed by atoms with van der Waals surface area (Å²) < 4.78 is 25.5. The number of fused-ring (bicyclic) bond motifs is 1. The van der Waals surface area contributed by atoms with Crippen molar-refractivity contribution >= 4 is 32.2 Å². The highest BCUT2D eigenvalue weighted by atomic mass is 32.2. The highest BCUT2D eigenvalue weighted by Gasteiger charge is 2.16. The third-order valence-electron chi connectivity index (χ3n) is 3.79. The lowest BCUT2D eigenvalue weighted by molar-refractivity contribution is 0.579. The fourth-order valence-corrected chi connectivity index (χ4v) is 3.45. The number of nitrogens with one attached hydrogen (secondary N) is 1. The first kappa shape index (κ1) is 14.1. The molecule has 2 heterocycles. The van der Waals surface area contributed by atoms with Gasteiger partial charge in [0.05, 0.1) is 11.9 Å². The van der Waals surface area contributed by atoms with E-state index in [1.54, 1.807) is 12.4 Å². The summed E-state index contributed by atoms with van der Waals surface area (Å²) in [4.78, 5) is 6.51. The third-order valence-corrected chi connectivity index (χ3v) is 4.38. The van der Waals surface area contributed by atoms with E-state index in [1.165, 1.54) is 19.3 Å². The summed E-state index contributed by atoms with van der Waals surface area (Å²) in [5, 5.41) is 1.88. The lowest BCUT2D eigenvalue weighted by Crippen LogP contribution is -2.29. The molecule has 0 atom stereocenters. The second-order valence-corrected chi connectivity index (χ2v) is 7.22. The number of piperidine rings is 1. The van der Waals surface area contributed by atoms with E-state index >= 15 is 0 Å². The number of nitrogens with zero attached hydrogens (tertiary/aromatic N) is 2. The van der Waals surface area contributed by atoms with E-state index in [0.29, 0.717) is 5.69 Å². The van der Waals surface area contributed by atoms with Crippen molar-refractivity contribution in [1.82, 2.24) is 4.98 Å². The molecule has 21 heavy (non-hydrogen) atoms. The van der Waals surface area contributed by atoms with Crippen LogP contribution in [-0.2, 0) is 10.0 Å². The standard InChI is InChI=1S/C15H19N3O2S/c1-21(19,20)17-14-5-6-15(18-9-3-2-4-10-18)12-7-8-16-11-13(12)14/h5-8,11,17H,2-4,9-10H2,1H3. The molecule has 0 saturated carbocycles. The Bertz CT molecular complexity index is 753. The first-order valence-corrected chi connectivity index (χ1v) is 9.03. The van der Waals surface area contributed by atoms with Gasteiger partial charge in [-0.05, 0) is 37.5 Å². The van der Waals surface area contributed by atoms with Crippen LogP contribution in [0.3, 0.4) is 0 Å². The Labute approximate surface area is 125 Å². The zero-order valence-electron chi connectivity index (χ0n) is 12.0. The van der Waals surface area contributed by atoms with Crippen LogP contribution in [-0.4, -0.2) is 32.7 Å². The highest BCUT2D eigenvalue weighted by Crippen LogP contribution is 2.33. The number of anilines is 2. The fraction of sp³-hybridized carbons (Fsp3) is 0.400. The van der Waals surface area contributed by atoms with Gasteiger partial charge in [-0.15, -0.1) is 0 Å². The van der Waals surface area contributed by atoms with Crippen molar-refractivity contribution in [3.05, 3.63) is 30.6 Å². The summed E-state index contributed by atoms with van der Waals surface area (Å²) in [7, 11) is -3.30. The van der Waals surface area contributed by atoms with Crippen molar-refractivity contribution in [3.8, 4) is 0 Å². The van der Waals surface area contributed by atoms with E-state index in [-0.39, 0.29) is 0 Å². The number of hydrogen-bond acceptors (Lipinski definition) is 4. The smallest absolute Gasteiger partial charge is 0.229 e. The van der Waals surface area contributed by atoms with Gasteiger partial charge in [0.2, 0.25) is 10.0 Å². The normalized spacial score (nSPS) is 16.1. The maximum absolute atomic E-state index is 11.5. The molecule has 112 valence electrons.